The third-order valence-electron chi connectivity index (χ3n) is 4.02. The van der Waals surface area contributed by atoms with Crippen molar-refractivity contribution in [2.45, 2.75) is 59.2 Å². The molecule has 3 heteroatoms. The molecule has 2 N–H and O–H groups in total. The minimum atomic E-state index is 0.388. The summed E-state index contributed by atoms with van der Waals surface area (Å²) >= 11 is 0. The molecule has 3 nitrogen and oxygen atoms in total. The van der Waals surface area contributed by atoms with Crippen LogP contribution in [0, 0.1) is 11.8 Å². The fourth-order valence-electron chi connectivity index (χ4n) is 3.07. The standard InChI is InChI=1S/C15H32N2O/c1-12(2)15(7-8-16)6-5-9-17-10-13(3)18-14(4)11-17/h12-15H,5-11,16H2,1-4H3/t13-,14+,15?. The zero-order valence-electron chi connectivity index (χ0n) is 12.7. The van der Waals surface area contributed by atoms with E-state index in [4.69, 9.17) is 10.5 Å². The van der Waals surface area contributed by atoms with Crippen molar-refractivity contribution in [3.8, 4) is 0 Å². The van der Waals surface area contributed by atoms with Crippen molar-refractivity contribution in [1.29, 1.82) is 0 Å². The van der Waals surface area contributed by atoms with Crippen LogP contribution >= 0.6 is 0 Å². The monoisotopic (exact) mass is 256 g/mol. The number of hydrogen-bond donors (Lipinski definition) is 1. The Labute approximate surface area is 113 Å². The Kier molecular flexibility index (Phi) is 7.20. The van der Waals surface area contributed by atoms with E-state index in [1.54, 1.807) is 0 Å². The first-order valence-corrected chi connectivity index (χ1v) is 7.60. The first kappa shape index (κ1) is 15.9. The van der Waals surface area contributed by atoms with Crippen molar-refractivity contribution in [3.63, 3.8) is 0 Å². The molecule has 18 heavy (non-hydrogen) atoms. The van der Waals surface area contributed by atoms with Gasteiger partial charge in [0, 0.05) is 13.1 Å². The largest absolute Gasteiger partial charge is 0.373 e. The van der Waals surface area contributed by atoms with E-state index >= 15 is 0 Å². The van der Waals surface area contributed by atoms with Gasteiger partial charge in [0.25, 0.3) is 0 Å². The Bertz CT molecular complexity index is 211. The van der Waals surface area contributed by atoms with Crippen LogP contribution in [-0.2, 0) is 4.74 Å². The normalized spacial score (nSPS) is 27.7. The SMILES string of the molecule is CC(C)C(CCN)CCCN1C[C@@H](C)O[C@@H](C)C1. The molecule has 0 saturated carbocycles. The molecule has 3 atom stereocenters. The van der Waals surface area contributed by atoms with Crippen molar-refractivity contribution >= 4 is 0 Å². The van der Waals surface area contributed by atoms with Crippen LogP contribution < -0.4 is 5.73 Å². The molecule has 0 aliphatic carbocycles. The minimum Gasteiger partial charge on any atom is -0.373 e. The van der Waals surface area contributed by atoms with Gasteiger partial charge in [-0.1, -0.05) is 13.8 Å². The van der Waals surface area contributed by atoms with Crippen LogP contribution in [0.1, 0.15) is 47.0 Å². The van der Waals surface area contributed by atoms with Crippen LogP contribution in [-0.4, -0.2) is 43.3 Å². The highest BCUT2D eigenvalue weighted by Crippen LogP contribution is 2.21. The Morgan fingerprint density at radius 3 is 2.28 bits per heavy atom. The number of morpholine rings is 1. The molecule has 0 bridgehead atoms. The van der Waals surface area contributed by atoms with E-state index in [1.807, 2.05) is 0 Å². The number of hydrogen-bond acceptors (Lipinski definition) is 3. The summed E-state index contributed by atoms with van der Waals surface area (Å²) in [6.07, 6.45) is 4.56. The van der Waals surface area contributed by atoms with Gasteiger partial charge in [-0.2, -0.15) is 0 Å². The Morgan fingerprint density at radius 2 is 1.78 bits per heavy atom. The molecular weight excluding hydrogens is 224 g/mol. The molecule has 1 saturated heterocycles. The van der Waals surface area contributed by atoms with Gasteiger partial charge in [-0.15, -0.1) is 0 Å². The van der Waals surface area contributed by atoms with Gasteiger partial charge >= 0.3 is 0 Å². The van der Waals surface area contributed by atoms with Gasteiger partial charge in [0.05, 0.1) is 12.2 Å². The molecule has 0 spiro atoms. The number of nitrogens with zero attached hydrogens (tertiary/aromatic N) is 1. The van der Waals surface area contributed by atoms with Crippen LogP contribution in [0.5, 0.6) is 0 Å². The van der Waals surface area contributed by atoms with Gasteiger partial charge < -0.3 is 10.5 Å². The molecule has 1 aliphatic heterocycles. The number of rotatable bonds is 7. The third kappa shape index (κ3) is 5.68. The summed E-state index contributed by atoms with van der Waals surface area (Å²) in [4.78, 5) is 2.55. The summed E-state index contributed by atoms with van der Waals surface area (Å²) in [7, 11) is 0. The van der Waals surface area contributed by atoms with E-state index in [9.17, 15) is 0 Å². The molecule has 1 fully saturated rings. The zero-order valence-corrected chi connectivity index (χ0v) is 12.7. The second kappa shape index (κ2) is 8.13. The topological polar surface area (TPSA) is 38.5 Å². The summed E-state index contributed by atoms with van der Waals surface area (Å²) < 4.78 is 5.76. The molecule has 1 unspecified atom stereocenters. The van der Waals surface area contributed by atoms with Crippen molar-refractivity contribution in [2.24, 2.45) is 17.6 Å². The van der Waals surface area contributed by atoms with Crippen LogP contribution in [0.2, 0.25) is 0 Å². The van der Waals surface area contributed by atoms with E-state index in [-0.39, 0.29) is 0 Å². The Hall–Kier alpha value is -0.120. The van der Waals surface area contributed by atoms with Crippen molar-refractivity contribution in [2.75, 3.05) is 26.2 Å². The summed E-state index contributed by atoms with van der Waals surface area (Å²) in [6, 6.07) is 0. The summed E-state index contributed by atoms with van der Waals surface area (Å²) in [6.45, 7) is 13.2. The Morgan fingerprint density at radius 1 is 1.17 bits per heavy atom. The highest BCUT2D eigenvalue weighted by atomic mass is 16.5. The fraction of sp³-hybridized carbons (Fsp3) is 1.00. The molecule has 108 valence electrons. The van der Waals surface area contributed by atoms with Crippen LogP contribution in [0.25, 0.3) is 0 Å². The van der Waals surface area contributed by atoms with E-state index in [1.165, 1.54) is 25.8 Å². The second-order valence-electron chi connectivity index (χ2n) is 6.24. The minimum absolute atomic E-state index is 0.388. The maximum absolute atomic E-state index is 5.76. The maximum Gasteiger partial charge on any atom is 0.0678 e. The lowest BCUT2D eigenvalue weighted by Gasteiger charge is -2.35. The highest BCUT2D eigenvalue weighted by molar-refractivity contribution is 4.73. The molecule has 1 heterocycles. The average Bonchev–Trinajstić information content (AvgIpc) is 2.26. The molecular formula is C15H32N2O. The third-order valence-corrected chi connectivity index (χ3v) is 4.02. The van der Waals surface area contributed by atoms with Crippen molar-refractivity contribution in [1.82, 2.24) is 4.90 Å². The fourth-order valence-corrected chi connectivity index (χ4v) is 3.07. The predicted octanol–water partition coefficient (Wildman–Crippen LogP) is 2.50. The lowest BCUT2D eigenvalue weighted by atomic mass is 9.88. The number of ether oxygens (including phenoxy) is 1. The Balaban J connectivity index is 2.23. The number of nitrogens with two attached hydrogens (primary N) is 1. The lowest BCUT2D eigenvalue weighted by molar-refractivity contribution is -0.0684. The summed E-state index contributed by atoms with van der Waals surface area (Å²) in [5.74, 6) is 1.56. The van der Waals surface area contributed by atoms with Gasteiger partial charge in [-0.3, -0.25) is 4.90 Å². The molecule has 0 radical (unpaired) electrons. The van der Waals surface area contributed by atoms with E-state index < -0.39 is 0 Å². The first-order chi connectivity index (χ1) is 8.52. The average molecular weight is 256 g/mol. The molecule has 1 rings (SSSR count). The zero-order chi connectivity index (χ0) is 13.5. The van der Waals surface area contributed by atoms with Gasteiger partial charge in [0.15, 0.2) is 0 Å². The van der Waals surface area contributed by atoms with E-state index in [0.29, 0.717) is 12.2 Å². The van der Waals surface area contributed by atoms with Crippen LogP contribution in [0.4, 0.5) is 0 Å². The van der Waals surface area contributed by atoms with Crippen molar-refractivity contribution < 1.29 is 4.74 Å². The molecule has 1 aliphatic rings. The van der Waals surface area contributed by atoms with Crippen LogP contribution in [0.3, 0.4) is 0 Å². The van der Waals surface area contributed by atoms with Gasteiger partial charge in [-0.05, 0) is 58.0 Å². The summed E-state index contributed by atoms with van der Waals surface area (Å²) in [5, 5.41) is 0. The van der Waals surface area contributed by atoms with Gasteiger partial charge in [0.1, 0.15) is 0 Å². The molecule has 0 aromatic heterocycles. The first-order valence-electron chi connectivity index (χ1n) is 7.60. The maximum atomic E-state index is 5.76. The van der Waals surface area contributed by atoms with E-state index in [0.717, 1.165) is 31.5 Å². The van der Waals surface area contributed by atoms with Gasteiger partial charge in [-0.25, -0.2) is 0 Å². The van der Waals surface area contributed by atoms with Gasteiger partial charge in [0.2, 0.25) is 0 Å². The summed E-state index contributed by atoms with van der Waals surface area (Å²) in [5.41, 5.74) is 5.69. The second-order valence-corrected chi connectivity index (χ2v) is 6.24. The predicted molar refractivity (Wildman–Crippen MR) is 77.7 cm³/mol. The highest BCUT2D eigenvalue weighted by Gasteiger charge is 2.22. The van der Waals surface area contributed by atoms with Crippen LogP contribution in [0.15, 0.2) is 0 Å². The molecule has 0 aromatic rings. The van der Waals surface area contributed by atoms with E-state index in [2.05, 4.69) is 32.6 Å². The molecule has 0 aromatic carbocycles. The van der Waals surface area contributed by atoms with Crippen molar-refractivity contribution in [3.05, 3.63) is 0 Å². The molecule has 0 amide bonds. The lowest BCUT2D eigenvalue weighted by Crippen LogP contribution is -2.45. The smallest absolute Gasteiger partial charge is 0.0678 e. The quantitative estimate of drug-likeness (QED) is 0.760.